The zero-order chi connectivity index (χ0) is 18.2. The van der Waals surface area contributed by atoms with E-state index in [2.05, 4.69) is 30.4 Å². The molecule has 0 saturated heterocycles. The molecule has 0 fully saturated rings. The standard InChI is InChI=1S/C18H17N9/c1-25-10-13(8-22-25)16-9-21-18-17(20-6-7-26(16)18)24-14-2-4-15(5-3-14)27-12-19-11-23-27/h2-8,10-12,16H,9H2,1H3,(H,20,24). The molecule has 1 N–H and O–H groups in total. The molecule has 4 heterocycles. The van der Waals surface area contributed by atoms with E-state index in [1.54, 1.807) is 17.2 Å². The van der Waals surface area contributed by atoms with Crippen LogP contribution in [-0.4, -0.2) is 47.7 Å². The van der Waals surface area contributed by atoms with Crippen LogP contribution in [0.2, 0.25) is 0 Å². The lowest BCUT2D eigenvalue weighted by atomic mass is 10.1. The Labute approximate surface area is 155 Å². The van der Waals surface area contributed by atoms with Crippen LogP contribution >= 0.6 is 0 Å². The molecule has 5 rings (SSSR count). The van der Waals surface area contributed by atoms with Crippen LogP contribution in [0.1, 0.15) is 11.6 Å². The van der Waals surface area contributed by atoms with E-state index in [0.29, 0.717) is 6.54 Å². The molecule has 3 aromatic rings. The molecule has 1 aromatic carbocycles. The number of amidine groups is 2. The first-order valence-electron chi connectivity index (χ1n) is 8.56. The summed E-state index contributed by atoms with van der Waals surface area (Å²) in [7, 11) is 1.92. The van der Waals surface area contributed by atoms with Gasteiger partial charge in [-0.05, 0) is 24.3 Å². The average Bonchev–Trinajstić information content (AvgIpc) is 3.43. The van der Waals surface area contributed by atoms with Crippen LogP contribution in [0.15, 0.2) is 71.7 Å². The number of hydrogen-bond donors (Lipinski definition) is 1. The number of benzene rings is 1. The molecule has 1 unspecified atom stereocenters. The fraction of sp³-hybridized carbons (Fsp3) is 0.167. The van der Waals surface area contributed by atoms with Crippen molar-refractivity contribution in [1.82, 2.24) is 29.4 Å². The van der Waals surface area contributed by atoms with Gasteiger partial charge in [-0.15, -0.1) is 0 Å². The number of rotatable bonds is 3. The normalized spacial score (nSPS) is 18.3. The van der Waals surface area contributed by atoms with Crippen molar-refractivity contribution >= 4 is 17.4 Å². The Morgan fingerprint density at radius 1 is 1.15 bits per heavy atom. The van der Waals surface area contributed by atoms with Gasteiger partial charge >= 0.3 is 0 Å². The van der Waals surface area contributed by atoms with Crippen LogP contribution in [0.4, 0.5) is 5.69 Å². The van der Waals surface area contributed by atoms with Gasteiger partial charge in [-0.2, -0.15) is 10.2 Å². The first kappa shape index (κ1) is 15.5. The minimum absolute atomic E-state index is 0.145. The molecule has 0 radical (unpaired) electrons. The molecule has 9 heteroatoms. The van der Waals surface area contributed by atoms with Crippen LogP contribution in [0, 0.1) is 0 Å². The minimum atomic E-state index is 0.145. The number of nitrogens with zero attached hydrogens (tertiary/aromatic N) is 8. The summed E-state index contributed by atoms with van der Waals surface area (Å²) < 4.78 is 3.52. The Hall–Kier alpha value is -3.75. The van der Waals surface area contributed by atoms with Gasteiger partial charge in [0.2, 0.25) is 0 Å². The number of fused-ring (bicyclic) bond motifs is 1. The fourth-order valence-electron chi connectivity index (χ4n) is 3.24. The Balaban J connectivity index is 1.34. The van der Waals surface area contributed by atoms with Crippen molar-refractivity contribution in [3.05, 3.63) is 67.3 Å². The molecule has 0 spiro atoms. The van der Waals surface area contributed by atoms with Gasteiger partial charge in [0, 0.05) is 36.9 Å². The predicted molar refractivity (Wildman–Crippen MR) is 102 cm³/mol. The molecule has 2 aliphatic heterocycles. The van der Waals surface area contributed by atoms with Crippen molar-refractivity contribution in [2.24, 2.45) is 17.0 Å². The highest BCUT2D eigenvalue weighted by molar-refractivity contribution is 6.45. The lowest BCUT2D eigenvalue weighted by Gasteiger charge is -2.26. The molecule has 27 heavy (non-hydrogen) atoms. The maximum atomic E-state index is 4.70. The third kappa shape index (κ3) is 2.78. The van der Waals surface area contributed by atoms with Gasteiger partial charge < -0.3 is 10.2 Å². The molecule has 0 saturated carbocycles. The Morgan fingerprint density at radius 2 is 2.04 bits per heavy atom. The first-order chi connectivity index (χ1) is 13.3. The van der Waals surface area contributed by atoms with Crippen LogP contribution in [0.3, 0.4) is 0 Å². The summed E-state index contributed by atoms with van der Waals surface area (Å²) >= 11 is 0. The number of hydrogen-bond acceptors (Lipinski definition) is 7. The Bertz CT molecular complexity index is 1040. The molecule has 0 amide bonds. The number of nitrogens with one attached hydrogen (secondary N) is 1. The monoisotopic (exact) mass is 359 g/mol. The second-order valence-corrected chi connectivity index (χ2v) is 6.32. The lowest BCUT2D eigenvalue weighted by molar-refractivity contribution is 0.458. The second kappa shape index (κ2) is 6.20. The molecule has 2 aromatic heterocycles. The summed E-state index contributed by atoms with van der Waals surface area (Å²) in [5.74, 6) is 1.57. The highest BCUT2D eigenvalue weighted by Gasteiger charge is 2.32. The van der Waals surface area contributed by atoms with E-state index in [4.69, 9.17) is 4.99 Å². The maximum Gasteiger partial charge on any atom is 0.173 e. The molecule has 0 aliphatic carbocycles. The highest BCUT2D eigenvalue weighted by Crippen LogP contribution is 2.29. The molecular weight excluding hydrogens is 342 g/mol. The van der Waals surface area contributed by atoms with Crippen molar-refractivity contribution in [2.45, 2.75) is 6.04 Å². The van der Waals surface area contributed by atoms with Crippen molar-refractivity contribution in [3.63, 3.8) is 0 Å². The number of aliphatic imine (C=N–C) groups is 2. The van der Waals surface area contributed by atoms with Gasteiger partial charge in [-0.25, -0.2) is 14.7 Å². The molecule has 134 valence electrons. The van der Waals surface area contributed by atoms with E-state index in [9.17, 15) is 0 Å². The Kier molecular flexibility index (Phi) is 3.56. The van der Waals surface area contributed by atoms with Crippen LogP contribution in [-0.2, 0) is 7.05 Å². The number of anilines is 1. The van der Waals surface area contributed by atoms with Crippen molar-refractivity contribution in [1.29, 1.82) is 0 Å². The van der Waals surface area contributed by atoms with E-state index in [-0.39, 0.29) is 6.04 Å². The molecule has 2 aliphatic rings. The van der Waals surface area contributed by atoms with E-state index in [0.717, 1.165) is 28.6 Å². The first-order valence-corrected chi connectivity index (χ1v) is 8.56. The quantitative estimate of drug-likeness (QED) is 0.770. The zero-order valence-corrected chi connectivity index (χ0v) is 14.6. The largest absolute Gasteiger partial charge is 0.337 e. The smallest absolute Gasteiger partial charge is 0.173 e. The summed E-state index contributed by atoms with van der Waals surface area (Å²) in [5.41, 5.74) is 3.01. The summed E-state index contributed by atoms with van der Waals surface area (Å²) in [4.78, 5) is 15.3. The van der Waals surface area contributed by atoms with Crippen molar-refractivity contribution in [2.75, 3.05) is 11.9 Å². The maximum absolute atomic E-state index is 4.70. The topological polar surface area (TPSA) is 88.5 Å². The summed E-state index contributed by atoms with van der Waals surface area (Å²) in [6.07, 6.45) is 10.8. The van der Waals surface area contributed by atoms with E-state index in [1.165, 1.54) is 6.33 Å². The lowest BCUT2D eigenvalue weighted by Crippen LogP contribution is -2.37. The van der Waals surface area contributed by atoms with Crippen LogP contribution in [0.5, 0.6) is 0 Å². The fourth-order valence-corrected chi connectivity index (χ4v) is 3.24. The molecule has 9 nitrogen and oxygen atoms in total. The van der Waals surface area contributed by atoms with Gasteiger partial charge in [0.05, 0.1) is 24.5 Å². The summed E-state index contributed by atoms with van der Waals surface area (Å²) in [5, 5.41) is 11.8. The Morgan fingerprint density at radius 3 is 2.78 bits per heavy atom. The van der Waals surface area contributed by atoms with Gasteiger partial charge in [0.1, 0.15) is 12.7 Å². The molecule has 0 bridgehead atoms. The van der Waals surface area contributed by atoms with Gasteiger partial charge in [0.15, 0.2) is 11.7 Å². The van der Waals surface area contributed by atoms with Crippen molar-refractivity contribution < 1.29 is 0 Å². The minimum Gasteiger partial charge on any atom is -0.337 e. The van der Waals surface area contributed by atoms with Crippen molar-refractivity contribution in [3.8, 4) is 5.69 Å². The van der Waals surface area contributed by atoms with E-state index >= 15 is 0 Å². The molecular formula is C18H17N9. The van der Waals surface area contributed by atoms with Crippen LogP contribution in [0.25, 0.3) is 5.69 Å². The third-order valence-corrected chi connectivity index (χ3v) is 4.56. The summed E-state index contributed by atoms with van der Waals surface area (Å²) in [6, 6.07) is 8.06. The number of aromatic nitrogens is 5. The predicted octanol–water partition coefficient (Wildman–Crippen LogP) is 1.75. The van der Waals surface area contributed by atoms with Crippen LogP contribution < -0.4 is 5.32 Å². The van der Waals surface area contributed by atoms with Gasteiger partial charge in [-0.3, -0.25) is 9.67 Å². The highest BCUT2D eigenvalue weighted by atomic mass is 15.3. The van der Waals surface area contributed by atoms with E-state index < -0.39 is 0 Å². The number of aryl methyl sites for hydroxylation is 1. The zero-order valence-electron chi connectivity index (χ0n) is 14.6. The second-order valence-electron chi connectivity index (χ2n) is 6.32. The SMILES string of the molecule is Cn1cc(C2CN=C3C(Nc4ccc(-n5cncn5)cc4)=NC=CN32)cn1. The van der Waals surface area contributed by atoms with Gasteiger partial charge in [0.25, 0.3) is 0 Å². The average molecular weight is 359 g/mol. The van der Waals surface area contributed by atoms with Gasteiger partial charge in [-0.1, -0.05) is 0 Å². The third-order valence-electron chi connectivity index (χ3n) is 4.56. The summed E-state index contributed by atoms with van der Waals surface area (Å²) in [6.45, 7) is 0.678. The van der Waals surface area contributed by atoms with E-state index in [1.807, 2.05) is 54.6 Å². The molecule has 1 atom stereocenters.